The van der Waals surface area contributed by atoms with Crippen LogP contribution in [0.3, 0.4) is 0 Å². The van der Waals surface area contributed by atoms with Crippen LogP contribution in [-0.4, -0.2) is 15.5 Å². The van der Waals surface area contributed by atoms with Crippen molar-refractivity contribution in [2.24, 2.45) is 0 Å². The summed E-state index contributed by atoms with van der Waals surface area (Å²) in [6.45, 7) is 4.11. The van der Waals surface area contributed by atoms with E-state index in [1.54, 1.807) is 0 Å². The lowest BCUT2D eigenvalue weighted by atomic mass is 10.2. The van der Waals surface area contributed by atoms with Crippen LogP contribution in [0, 0.1) is 6.92 Å². The average Bonchev–Trinajstić information content (AvgIpc) is 2.83. The summed E-state index contributed by atoms with van der Waals surface area (Å²) in [5.74, 6) is 0.849. The molecule has 1 heterocycles. The molecule has 0 unspecified atom stereocenters. The van der Waals surface area contributed by atoms with Crippen LogP contribution >= 0.6 is 11.6 Å². The quantitative estimate of drug-likeness (QED) is 0.782. The fourth-order valence-corrected chi connectivity index (χ4v) is 1.81. The van der Waals surface area contributed by atoms with Crippen molar-refractivity contribution in [3.05, 3.63) is 17.0 Å². The Bertz CT molecular complexity index is 327. The smallest absolute Gasteiger partial charge is 0.224 e. The van der Waals surface area contributed by atoms with Crippen molar-refractivity contribution < 1.29 is 0 Å². The second kappa shape index (κ2) is 3.39. The third kappa shape index (κ3) is 1.98. The predicted octanol–water partition coefficient (Wildman–Crippen LogP) is 2.79. The van der Waals surface area contributed by atoms with Crippen molar-refractivity contribution in [2.45, 2.75) is 38.6 Å². The van der Waals surface area contributed by atoms with Crippen molar-refractivity contribution >= 4 is 17.4 Å². The Morgan fingerprint density at radius 3 is 2.71 bits per heavy atom. The SMILES string of the molecule is CCC1(Nc2cc(C)nc(Cl)n2)CC1. The van der Waals surface area contributed by atoms with E-state index in [2.05, 4.69) is 22.2 Å². The molecule has 1 aliphatic rings. The van der Waals surface area contributed by atoms with Crippen molar-refractivity contribution in [3.8, 4) is 0 Å². The summed E-state index contributed by atoms with van der Waals surface area (Å²) in [6, 6.07) is 1.93. The van der Waals surface area contributed by atoms with Crippen molar-refractivity contribution in [1.29, 1.82) is 0 Å². The molecule has 1 saturated carbocycles. The first-order chi connectivity index (χ1) is 6.63. The summed E-state index contributed by atoms with van der Waals surface area (Å²) in [7, 11) is 0. The molecule has 4 heteroatoms. The summed E-state index contributed by atoms with van der Waals surface area (Å²) in [6.07, 6.45) is 3.59. The van der Waals surface area contributed by atoms with Gasteiger partial charge in [0.15, 0.2) is 0 Å². The van der Waals surface area contributed by atoms with E-state index in [1.165, 1.54) is 12.8 Å². The minimum atomic E-state index is 0.282. The number of hydrogen-bond donors (Lipinski definition) is 1. The lowest BCUT2D eigenvalue weighted by Crippen LogP contribution is -2.20. The van der Waals surface area contributed by atoms with Gasteiger partial charge in [0.1, 0.15) is 5.82 Å². The Kier molecular flexibility index (Phi) is 2.35. The van der Waals surface area contributed by atoms with Gasteiger partial charge in [0.25, 0.3) is 0 Å². The van der Waals surface area contributed by atoms with E-state index in [-0.39, 0.29) is 5.54 Å². The van der Waals surface area contributed by atoms with Crippen LogP contribution in [0.2, 0.25) is 5.28 Å². The summed E-state index contributed by atoms with van der Waals surface area (Å²) >= 11 is 5.78. The van der Waals surface area contributed by atoms with E-state index in [9.17, 15) is 0 Å². The van der Waals surface area contributed by atoms with Crippen LogP contribution in [0.25, 0.3) is 0 Å². The maximum atomic E-state index is 5.78. The molecule has 2 rings (SSSR count). The molecular weight excluding hydrogens is 198 g/mol. The van der Waals surface area contributed by atoms with E-state index >= 15 is 0 Å². The standard InChI is InChI=1S/C10H14ClN3/c1-3-10(4-5-10)14-8-6-7(2)12-9(11)13-8/h6H,3-5H2,1-2H3,(H,12,13,14). The van der Waals surface area contributed by atoms with Crippen molar-refractivity contribution in [3.63, 3.8) is 0 Å². The van der Waals surface area contributed by atoms with Gasteiger partial charge in [-0.3, -0.25) is 0 Å². The molecule has 0 aliphatic heterocycles. The van der Waals surface area contributed by atoms with Gasteiger partial charge in [-0.25, -0.2) is 9.97 Å². The molecule has 1 aromatic rings. The fourth-order valence-electron chi connectivity index (χ4n) is 1.59. The van der Waals surface area contributed by atoms with Crippen LogP contribution in [0.4, 0.5) is 5.82 Å². The van der Waals surface area contributed by atoms with E-state index in [0.29, 0.717) is 5.28 Å². The monoisotopic (exact) mass is 211 g/mol. The number of halogens is 1. The Morgan fingerprint density at radius 1 is 1.50 bits per heavy atom. The van der Waals surface area contributed by atoms with Crippen LogP contribution in [0.5, 0.6) is 0 Å². The number of hydrogen-bond acceptors (Lipinski definition) is 3. The van der Waals surface area contributed by atoms with Gasteiger partial charge >= 0.3 is 0 Å². The molecule has 0 bridgehead atoms. The highest BCUT2D eigenvalue weighted by atomic mass is 35.5. The molecule has 0 amide bonds. The molecule has 1 N–H and O–H groups in total. The molecule has 0 atom stereocenters. The number of aryl methyl sites for hydroxylation is 1. The average molecular weight is 212 g/mol. The maximum absolute atomic E-state index is 5.78. The van der Waals surface area contributed by atoms with E-state index in [4.69, 9.17) is 11.6 Å². The molecular formula is C10H14ClN3. The first-order valence-corrected chi connectivity index (χ1v) is 5.31. The summed E-state index contributed by atoms with van der Waals surface area (Å²) < 4.78 is 0. The zero-order chi connectivity index (χ0) is 10.2. The van der Waals surface area contributed by atoms with E-state index < -0.39 is 0 Å². The lowest BCUT2D eigenvalue weighted by Gasteiger charge is -2.15. The predicted molar refractivity (Wildman–Crippen MR) is 57.7 cm³/mol. The molecule has 1 aliphatic carbocycles. The number of rotatable bonds is 3. The number of anilines is 1. The van der Waals surface area contributed by atoms with E-state index in [0.717, 1.165) is 17.9 Å². The van der Waals surface area contributed by atoms with Gasteiger partial charge in [0.2, 0.25) is 5.28 Å². The Labute approximate surface area is 88.9 Å². The molecule has 0 saturated heterocycles. The molecule has 3 nitrogen and oxygen atoms in total. The van der Waals surface area contributed by atoms with Crippen LogP contribution in [0.15, 0.2) is 6.07 Å². The minimum absolute atomic E-state index is 0.282. The molecule has 0 radical (unpaired) electrons. The third-order valence-electron chi connectivity index (χ3n) is 2.75. The normalized spacial score (nSPS) is 17.9. The highest BCUT2D eigenvalue weighted by molar-refractivity contribution is 6.28. The van der Waals surface area contributed by atoms with Crippen LogP contribution in [0.1, 0.15) is 31.9 Å². The number of nitrogens with one attached hydrogen (secondary N) is 1. The topological polar surface area (TPSA) is 37.8 Å². The second-order valence-corrected chi connectivity index (χ2v) is 4.26. The second-order valence-electron chi connectivity index (χ2n) is 3.92. The molecule has 76 valence electrons. The largest absolute Gasteiger partial charge is 0.364 e. The van der Waals surface area contributed by atoms with Gasteiger partial charge in [-0.2, -0.15) is 0 Å². The van der Waals surface area contributed by atoms with Gasteiger partial charge in [0.05, 0.1) is 0 Å². The minimum Gasteiger partial charge on any atom is -0.364 e. The van der Waals surface area contributed by atoms with Crippen molar-refractivity contribution in [2.75, 3.05) is 5.32 Å². The first-order valence-electron chi connectivity index (χ1n) is 4.93. The van der Waals surface area contributed by atoms with Gasteiger partial charge in [0, 0.05) is 17.3 Å². The Morgan fingerprint density at radius 2 is 2.21 bits per heavy atom. The van der Waals surface area contributed by atoms with Crippen LogP contribution < -0.4 is 5.32 Å². The molecule has 14 heavy (non-hydrogen) atoms. The maximum Gasteiger partial charge on any atom is 0.224 e. The van der Waals surface area contributed by atoms with Gasteiger partial charge in [-0.15, -0.1) is 0 Å². The van der Waals surface area contributed by atoms with Gasteiger partial charge < -0.3 is 5.32 Å². The first kappa shape index (κ1) is 9.71. The van der Waals surface area contributed by atoms with Crippen molar-refractivity contribution in [1.82, 2.24) is 9.97 Å². The third-order valence-corrected chi connectivity index (χ3v) is 2.92. The highest BCUT2D eigenvalue weighted by Crippen LogP contribution is 2.41. The zero-order valence-electron chi connectivity index (χ0n) is 8.47. The number of aromatic nitrogens is 2. The summed E-state index contributed by atoms with van der Waals surface area (Å²) in [5, 5.41) is 3.74. The summed E-state index contributed by atoms with van der Waals surface area (Å²) in [5.41, 5.74) is 1.18. The highest BCUT2D eigenvalue weighted by Gasteiger charge is 2.40. The zero-order valence-corrected chi connectivity index (χ0v) is 9.23. The van der Waals surface area contributed by atoms with Gasteiger partial charge in [-0.1, -0.05) is 6.92 Å². The summed E-state index contributed by atoms with van der Waals surface area (Å²) in [4.78, 5) is 8.18. The Balaban J connectivity index is 2.16. The van der Waals surface area contributed by atoms with Gasteiger partial charge in [-0.05, 0) is 37.8 Å². The molecule has 0 aromatic carbocycles. The Hall–Kier alpha value is -0.830. The molecule has 0 spiro atoms. The van der Waals surface area contributed by atoms with E-state index in [1.807, 2.05) is 13.0 Å². The molecule has 1 fully saturated rings. The fraction of sp³-hybridized carbons (Fsp3) is 0.600. The van der Waals surface area contributed by atoms with Crippen LogP contribution in [-0.2, 0) is 0 Å². The number of nitrogens with zero attached hydrogens (tertiary/aromatic N) is 2. The lowest BCUT2D eigenvalue weighted by molar-refractivity contribution is 0.697. The molecule has 1 aromatic heterocycles.